The number of rotatable bonds is 7. The smallest absolute Gasteiger partial charge is 0.356 e. The Kier molecular flexibility index (Phi) is 6.65. The highest BCUT2D eigenvalue weighted by Gasteiger charge is 2.32. The number of pyridine rings is 2. The van der Waals surface area contributed by atoms with Crippen molar-refractivity contribution >= 4 is 23.2 Å². The Labute approximate surface area is 193 Å². The van der Waals surface area contributed by atoms with Gasteiger partial charge < -0.3 is 9.72 Å². The number of aromatic nitrogens is 3. The number of hydrogen-bond donors (Lipinski definition) is 1. The average molecular weight is 473 g/mol. The Morgan fingerprint density at radius 3 is 2.70 bits per heavy atom. The summed E-state index contributed by atoms with van der Waals surface area (Å²) in [6.07, 6.45) is 0.886. The van der Waals surface area contributed by atoms with Crippen molar-refractivity contribution in [2.45, 2.75) is 24.9 Å². The van der Waals surface area contributed by atoms with E-state index in [0.717, 1.165) is 17.8 Å². The molecule has 0 aliphatic carbocycles. The third-order valence-corrected chi connectivity index (χ3v) is 5.51. The molecule has 0 radical (unpaired) electrons. The van der Waals surface area contributed by atoms with Crippen LogP contribution in [0, 0.1) is 0 Å². The minimum Gasteiger partial charge on any atom is -0.356 e. The van der Waals surface area contributed by atoms with Crippen molar-refractivity contribution in [1.82, 2.24) is 19.7 Å². The van der Waals surface area contributed by atoms with Gasteiger partial charge in [0.1, 0.15) is 5.65 Å². The minimum absolute atomic E-state index is 0.0518. The number of halogens is 4. The Morgan fingerprint density at radius 1 is 1.09 bits per heavy atom. The predicted octanol–water partition coefficient (Wildman–Crippen LogP) is 5.28. The molecular formula is C24H20ClF3N4O. The highest BCUT2D eigenvalue weighted by atomic mass is 35.5. The second-order valence-electron chi connectivity index (χ2n) is 7.56. The van der Waals surface area contributed by atoms with Gasteiger partial charge in [0.15, 0.2) is 0 Å². The summed E-state index contributed by atoms with van der Waals surface area (Å²) in [5.41, 5.74) is 1.59. The zero-order valence-corrected chi connectivity index (χ0v) is 18.1. The number of hydrogen-bond acceptors (Lipinski definition) is 3. The zero-order chi connectivity index (χ0) is 23.4. The van der Waals surface area contributed by atoms with Gasteiger partial charge in [-0.05, 0) is 35.9 Å². The Bertz CT molecular complexity index is 1260. The van der Waals surface area contributed by atoms with E-state index in [2.05, 4.69) is 15.3 Å². The van der Waals surface area contributed by atoms with Crippen molar-refractivity contribution < 1.29 is 18.0 Å². The summed E-state index contributed by atoms with van der Waals surface area (Å²) in [6, 6.07) is 14.0. The van der Waals surface area contributed by atoms with Crippen LogP contribution in [0.15, 0.2) is 73.2 Å². The minimum atomic E-state index is -4.49. The number of carbonyl (C=O) groups is 1. The maximum atomic E-state index is 13.3. The summed E-state index contributed by atoms with van der Waals surface area (Å²) in [5.74, 6) is -0.944. The molecule has 1 unspecified atom stereocenters. The molecule has 9 heteroatoms. The van der Waals surface area contributed by atoms with Gasteiger partial charge in [-0.1, -0.05) is 35.9 Å². The van der Waals surface area contributed by atoms with Gasteiger partial charge in [0.05, 0.1) is 16.3 Å². The monoisotopic (exact) mass is 472 g/mol. The number of carbonyl (C=O) groups excluding carboxylic acids is 1. The maximum absolute atomic E-state index is 13.3. The van der Waals surface area contributed by atoms with E-state index in [1.165, 1.54) is 6.07 Å². The van der Waals surface area contributed by atoms with Gasteiger partial charge in [0, 0.05) is 49.6 Å². The molecule has 0 bridgehead atoms. The third kappa shape index (κ3) is 5.51. The van der Waals surface area contributed by atoms with Gasteiger partial charge in [-0.15, -0.1) is 0 Å². The molecule has 1 atom stereocenters. The molecule has 0 saturated heterocycles. The number of benzene rings is 1. The lowest BCUT2D eigenvalue weighted by atomic mass is 9.91. The molecule has 4 aromatic rings. The van der Waals surface area contributed by atoms with Gasteiger partial charge in [-0.25, -0.2) is 4.98 Å². The van der Waals surface area contributed by atoms with Crippen LogP contribution >= 0.6 is 11.6 Å². The van der Waals surface area contributed by atoms with E-state index in [9.17, 15) is 18.0 Å². The molecular weight excluding hydrogens is 453 g/mol. The molecule has 4 rings (SSSR count). The summed E-state index contributed by atoms with van der Waals surface area (Å²) >= 11 is 6.13. The Morgan fingerprint density at radius 2 is 1.94 bits per heavy atom. The van der Waals surface area contributed by atoms with Crippen LogP contribution in [0.25, 0.3) is 5.65 Å². The number of imidazole rings is 1. The molecule has 0 aliphatic rings. The molecule has 3 aromatic heterocycles. The van der Waals surface area contributed by atoms with Crippen LogP contribution < -0.4 is 5.32 Å². The van der Waals surface area contributed by atoms with Gasteiger partial charge in [-0.2, -0.15) is 13.2 Å². The molecule has 3 heterocycles. The van der Waals surface area contributed by atoms with Crippen molar-refractivity contribution in [1.29, 1.82) is 0 Å². The first kappa shape index (κ1) is 22.8. The first-order chi connectivity index (χ1) is 15.8. The summed E-state index contributed by atoms with van der Waals surface area (Å²) in [4.78, 5) is 21.3. The molecule has 170 valence electrons. The molecule has 5 nitrogen and oxygen atoms in total. The normalized spacial score (nSPS) is 12.6. The van der Waals surface area contributed by atoms with E-state index in [-0.39, 0.29) is 12.3 Å². The fourth-order valence-corrected chi connectivity index (χ4v) is 3.85. The van der Waals surface area contributed by atoms with Crippen LogP contribution in [0.4, 0.5) is 13.2 Å². The molecule has 0 spiro atoms. The Hall–Kier alpha value is -3.39. The number of nitrogens with one attached hydrogen (secondary N) is 1. The lowest BCUT2D eigenvalue weighted by molar-refractivity contribution is -0.137. The fourth-order valence-electron chi connectivity index (χ4n) is 3.69. The second-order valence-corrected chi connectivity index (χ2v) is 8.00. The number of amides is 1. The van der Waals surface area contributed by atoms with Crippen molar-refractivity contribution in [3.05, 3.63) is 101 Å². The van der Waals surface area contributed by atoms with E-state index in [1.54, 1.807) is 41.2 Å². The summed E-state index contributed by atoms with van der Waals surface area (Å²) < 4.78 is 41.8. The standard InChI is InChI=1S/C24H20ClF3N4O/c25-18-7-8-22-31-14-21(32(22)15-18)20(16-4-3-5-17(12-16)24(26,27)28)13-23(33)30-11-9-19-6-1-2-10-29-19/h1-8,10,12,14-15,20H,9,11,13H2,(H,30,33). The maximum Gasteiger partial charge on any atom is 0.416 e. The van der Waals surface area contributed by atoms with Crippen LogP contribution in [0.3, 0.4) is 0 Å². The van der Waals surface area contributed by atoms with E-state index >= 15 is 0 Å². The van der Waals surface area contributed by atoms with E-state index in [4.69, 9.17) is 11.6 Å². The SMILES string of the molecule is O=C(CC(c1cccc(C(F)(F)F)c1)c1cnc2ccc(Cl)cn12)NCCc1ccccn1. The zero-order valence-electron chi connectivity index (χ0n) is 17.4. The topological polar surface area (TPSA) is 59.3 Å². The Balaban J connectivity index is 1.61. The largest absolute Gasteiger partial charge is 0.416 e. The van der Waals surface area contributed by atoms with Crippen LogP contribution in [-0.2, 0) is 17.4 Å². The molecule has 1 aromatic carbocycles. The molecule has 0 saturated carbocycles. The number of fused-ring (bicyclic) bond motifs is 1. The second kappa shape index (κ2) is 9.62. The molecule has 0 aliphatic heterocycles. The van der Waals surface area contributed by atoms with Gasteiger partial charge in [0.2, 0.25) is 5.91 Å². The lowest BCUT2D eigenvalue weighted by Gasteiger charge is -2.19. The van der Waals surface area contributed by atoms with Crippen LogP contribution in [0.5, 0.6) is 0 Å². The molecule has 1 amide bonds. The number of alkyl halides is 3. The summed E-state index contributed by atoms with van der Waals surface area (Å²) in [6.45, 7) is 0.365. The quantitative estimate of drug-likeness (QED) is 0.398. The predicted molar refractivity (Wildman–Crippen MR) is 119 cm³/mol. The average Bonchev–Trinajstić information content (AvgIpc) is 3.20. The van der Waals surface area contributed by atoms with Gasteiger partial charge in [0.25, 0.3) is 0 Å². The van der Waals surface area contributed by atoms with Crippen molar-refractivity contribution in [2.24, 2.45) is 0 Å². The van der Waals surface area contributed by atoms with E-state index < -0.39 is 17.7 Å². The van der Waals surface area contributed by atoms with Crippen molar-refractivity contribution in [3.63, 3.8) is 0 Å². The van der Waals surface area contributed by atoms with Crippen molar-refractivity contribution in [3.8, 4) is 0 Å². The van der Waals surface area contributed by atoms with Crippen LogP contribution in [-0.4, -0.2) is 26.8 Å². The fraction of sp³-hybridized carbons (Fsp3) is 0.208. The van der Waals surface area contributed by atoms with Gasteiger partial charge >= 0.3 is 6.18 Å². The highest BCUT2D eigenvalue weighted by Crippen LogP contribution is 2.34. The molecule has 1 N–H and O–H groups in total. The first-order valence-electron chi connectivity index (χ1n) is 10.3. The van der Waals surface area contributed by atoms with Gasteiger partial charge in [-0.3, -0.25) is 9.78 Å². The number of nitrogens with zero attached hydrogens (tertiary/aromatic N) is 3. The van der Waals surface area contributed by atoms with Crippen molar-refractivity contribution in [2.75, 3.05) is 6.54 Å². The third-order valence-electron chi connectivity index (χ3n) is 5.29. The van der Waals surface area contributed by atoms with Crippen LogP contribution in [0.2, 0.25) is 5.02 Å². The summed E-state index contributed by atoms with van der Waals surface area (Å²) in [5, 5.41) is 3.29. The van der Waals surface area contributed by atoms with Crippen LogP contribution in [0.1, 0.15) is 34.9 Å². The molecule has 33 heavy (non-hydrogen) atoms. The lowest BCUT2D eigenvalue weighted by Crippen LogP contribution is -2.28. The first-order valence-corrected chi connectivity index (χ1v) is 10.7. The highest BCUT2D eigenvalue weighted by molar-refractivity contribution is 6.30. The molecule has 0 fully saturated rings. The van der Waals surface area contributed by atoms with E-state index in [0.29, 0.717) is 34.9 Å². The summed E-state index contributed by atoms with van der Waals surface area (Å²) in [7, 11) is 0. The van der Waals surface area contributed by atoms with E-state index in [1.807, 2.05) is 18.2 Å².